The van der Waals surface area contributed by atoms with Crippen LogP contribution in [0.4, 0.5) is 5.13 Å². The van der Waals surface area contributed by atoms with E-state index in [-0.39, 0.29) is 12.5 Å². The predicted octanol–water partition coefficient (Wildman–Crippen LogP) is 3.83. The largest absolute Gasteiger partial charge is 0.337 e. The van der Waals surface area contributed by atoms with E-state index in [0.29, 0.717) is 35.8 Å². The number of carbonyl (C=O) groups is 3. The normalized spacial score (nSPS) is 13.1. The first-order valence-electron chi connectivity index (χ1n) is 11.0. The lowest BCUT2D eigenvalue weighted by Gasteiger charge is -2.22. The van der Waals surface area contributed by atoms with Crippen LogP contribution >= 0.6 is 11.3 Å². The number of fused-ring (bicyclic) bond motifs is 2. The Hall–Kier alpha value is -3.85. The first-order valence-corrected chi connectivity index (χ1v) is 11.8. The fourth-order valence-electron chi connectivity index (χ4n) is 4.12. The van der Waals surface area contributed by atoms with Crippen LogP contribution in [0.25, 0.3) is 10.2 Å². The molecule has 0 atom stereocenters. The van der Waals surface area contributed by atoms with Crippen molar-refractivity contribution in [2.75, 3.05) is 18.0 Å². The third-order valence-corrected chi connectivity index (χ3v) is 7.21. The molecule has 0 unspecified atom stereocenters. The Morgan fingerprint density at radius 1 is 1.03 bits per heavy atom. The summed E-state index contributed by atoms with van der Waals surface area (Å²) in [6, 6.07) is 10.7. The number of hydrogen-bond acceptors (Lipinski definition) is 6. The molecule has 0 bridgehead atoms. The summed E-state index contributed by atoms with van der Waals surface area (Å²) in [5.41, 5.74) is 3.66. The van der Waals surface area contributed by atoms with E-state index in [9.17, 15) is 14.4 Å². The number of benzene rings is 2. The van der Waals surface area contributed by atoms with Gasteiger partial charge in [-0.15, -0.1) is 0 Å². The summed E-state index contributed by atoms with van der Waals surface area (Å²) in [7, 11) is 0. The van der Waals surface area contributed by atoms with Crippen molar-refractivity contribution >= 4 is 44.4 Å². The Balaban J connectivity index is 1.43. The van der Waals surface area contributed by atoms with Crippen LogP contribution in [-0.4, -0.2) is 50.2 Å². The maximum absolute atomic E-state index is 13.5. The van der Waals surface area contributed by atoms with Crippen LogP contribution in [0, 0.1) is 13.8 Å². The van der Waals surface area contributed by atoms with Crippen LogP contribution in [0.2, 0.25) is 0 Å². The van der Waals surface area contributed by atoms with E-state index in [4.69, 9.17) is 4.98 Å². The number of aryl methyl sites for hydroxylation is 3. The summed E-state index contributed by atoms with van der Waals surface area (Å²) in [6.45, 7) is 4.77. The summed E-state index contributed by atoms with van der Waals surface area (Å²) >= 11 is 1.46. The molecule has 0 fully saturated rings. The SMILES string of the molecule is Cc1ccc(C)c2sc(N(CCCn3ccnc3)C(=O)CN3C(=O)c4ccccc4C3=O)nc12. The second kappa shape index (κ2) is 8.83. The number of nitrogens with zero attached hydrogens (tertiary/aromatic N) is 5. The smallest absolute Gasteiger partial charge is 0.262 e. The Kier molecular flexibility index (Phi) is 5.70. The quantitative estimate of drug-likeness (QED) is 0.381. The molecule has 1 aliphatic heterocycles. The lowest BCUT2D eigenvalue weighted by Crippen LogP contribution is -2.43. The fraction of sp³-hybridized carbons (Fsp3) is 0.240. The number of rotatable bonds is 7. The highest BCUT2D eigenvalue weighted by Crippen LogP contribution is 2.33. The molecule has 1 aliphatic rings. The van der Waals surface area contributed by atoms with Gasteiger partial charge in [0.1, 0.15) is 6.54 Å². The highest BCUT2D eigenvalue weighted by molar-refractivity contribution is 7.22. The van der Waals surface area contributed by atoms with Crippen molar-refractivity contribution in [2.45, 2.75) is 26.8 Å². The minimum absolute atomic E-state index is 0.328. The Morgan fingerprint density at radius 3 is 2.38 bits per heavy atom. The van der Waals surface area contributed by atoms with E-state index in [2.05, 4.69) is 4.98 Å². The molecule has 0 saturated carbocycles. The number of thiazole rings is 1. The average Bonchev–Trinajstić information content (AvgIpc) is 3.56. The number of amides is 3. The molecule has 0 aliphatic carbocycles. The lowest BCUT2D eigenvalue weighted by molar-refractivity contribution is -0.119. The molecule has 172 valence electrons. The van der Waals surface area contributed by atoms with E-state index >= 15 is 0 Å². The second-order valence-corrected chi connectivity index (χ2v) is 9.29. The first-order chi connectivity index (χ1) is 16.4. The zero-order valence-electron chi connectivity index (χ0n) is 18.9. The van der Waals surface area contributed by atoms with Gasteiger partial charge in [-0.1, -0.05) is 35.6 Å². The molecule has 4 aromatic rings. The molecule has 8 nitrogen and oxygen atoms in total. The van der Waals surface area contributed by atoms with Gasteiger partial charge in [-0.2, -0.15) is 0 Å². The number of imide groups is 1. The van der Waals surface area contributed by atoms with Crippen LogP contribution in [-0.2, 0) is 11.3 Å². The van der Waals surface area contributed by atoms with Gasteiger partial charge in [0.05, 0.1) is 27.7 Å². The molecular formula is C25H23N5O3S. The first kappa shape index (κ1) is 22.0. The number of imidazole rings is 1. The Labute approximate surface area is 200 Å². The van der Waals surface area contributed by atoms with Gasteiger partial charge in [0.15, 0.2) is 5.13 Å². The highest BCUT2D eigenvalue weighted by Gasteiger charge is 2.37. The molecule has 3 heterocycles. The predicted molar refractivity (Wildman–Crippen MR) is 130 cm³/mol. The van der Waals surface area contributed by atoms with Crippen LogP contribution in [0.3, 0.4) is 0 Å². The third-order valence-electron chi connectivity index (χ3n) is 5.99. The molecule has 0 spiro atoms. The molecule has 0 saturated heterocycles. The molecule has 2 aromatic heterocycles. The van der Waals surface area contributed by atoms with Gasteiger partial charge in [-0.05, 0) is 43.5 Å². The average molecular weight is 474 g/mol. The monoisotopic (exact) mass is 473 g/mol. The number of hydrogen-bond donors (Lipinski definition) is 0. The maximum atomic E-state index is 13.5. The van der Waals surface area contributed by atoms with Crippen LogP contribution < -0.4 is 4.90 Å². The Morgan fingerprint density at radius 2 is 1.74 bits per heavy atom. The summed E-state index contributed by atoms with van der Waals surface area (Å²) in [5, 5.41) is 0.569. The van der Waals surface area contributed by atoms with E-state index < -0.39 is 11.8 Å². The van der Waals surface area contributed by atoms with Crippen molar-refractivity contribution in [1.29, 1.82) is 0 Å². The van der Waals surface area contributed by atoms with Crippen molar-refractivity contribution in [1.82, 2.24) is 19.4 Å². The van der Waals surface area contributed by atoms with Crippen molar-refractivity contribution in [3.05, 3.63) is 77.4 Å². The van der Waals surface area contributed by atoms with Gasteiger partial charge in [0.25, 0.3) is 11.8 Å². The standard InChI is InChI=1S/C25H23N5O3S/c1-16-8-9-17(2)22-21(16)27-25(34-22)29(12-5-11-28-13-10-26-15-28)20(31)14-30-23(32)18-6-3-4-7-19(18)24(30)33/h3-4,6-10,13,15H,5,11-12,14H2,1-2H3. The molecule has 3 amide bonds. The van der Waals surface area contributed by atoms with Crippen LogP contribution in [0.5, 0.6) is 0 Å². The molecule has 9 heteroatoms. The number of carbonyl (C=O) groups excluding carboxylic acids is 3. The van der Waals surface area contributed by atoms with Gasteiger partial charge in [0, 0.05) is 25.5 Å². The van der Waals surface area contributed by atoms with E-state index in [0.717, 1.165) is 26.2 Å². The summed E-state index contributed by atoms with van der Waals surface area (Å²) in [5.74, 6) is -1.22. The summed E-state index contributed by atoms with van der Waals surface area (Å²) in [6.07, 6.45) is 5.98. The van der Waals surface area contributed by atoms with Gasteiger partial charge < -0.3 is 4.57 Å². The topological polar surface area (TPSA) is 88.4 Å². The minimum Gasteiger partial charge on any atom is -0.337 e. The van der Waals surface area contributed by atoms with E-state index in [1.165, 1.54) is 11.3 Å². The third kappa shape index (κ3) is 3.88. The van der Waals surface area contributed by atoms with Crippen molar-refractivity contribution in [3.63, 3.8) is 0 Å². The van der Waals surface area contributed by atoms with E-state index in [1.807, 2.05) is 36.7 Å². The number of aromatic nitrogens is 3. The van der Waals surface area contributed by atoms with Gasteiger partial charge in [-0.3, -0.25) is 24.2 Å². The zero-order valence-corrected chi connectivity index (χ0v) is 19.7. The molecule has 2 aromatic carbocycles. The van der Waals surface area contributed by atoms with Crippen molar-refractivity contribution < 1.29 is 14.4 Å². The molecule has 0 N–H and O–H groups in total. The van der Waals surface area contributed by atoms with Crippen molar-refractivity contribution in [2.24, 2.45) is 0 Å². The summed E-state index contributed by atoms with van der Waals surface area (Å²) < 4.78 is 2.97. The Bertz CT molecular complexity index is 1340. The molecule has 5 rings (SSSR count). The van der Waals surface area contributed by atoms with Gasteiger partial charge in [-0.25, -0.2) is 9.97 Å². The lowest BCUT2D eigenvalue weighted by atomic mass is 10.1. The summed E-state index contributed by atoms with van der Waals surface area (Å²) in [4.78, 5) is 50.6. The highest BCUT2D eigenvalue weighted by atomic mass is 32.1. The zero-order chi connectivity index (χ0) is 23.8. The molecule has 34 heavy (non-hydrogen) atoms. The van der Waals surface area contributed by atoms with Crippen LogP contribution in [0.15, 0.2) is 55.1 Å². The minimum atomic E-state index is -0.441. The fourth-order valence-corrected chi connectivity index (χ4v) is 5.28. The molecular weight excluding hydrogens is 450 g/mol. The number of anilines is 1. The van der Waals surface area contributed by atoms with Gasteiger partial charge >= 0.3 is 0 Å². The molecule has 0 radical (unpaired) electrons. The van der Waals surface area contributed by atoms with Crippen molar-refractivity contribution in [3.8, 4) is 0 Å². The van der Waals surface area contributed by atoms with Gasteiger partial charge in [0.2, 0.25) is 5.91 Å². The van der Waals surface area contributed by atoms with E-state index in [1.54, 1.807) is 41.7 Å². The maximum Gasteiger partial charge on any atom is 0.262 e. The second-order valence-electron chi connectivity index (χ2n) is 8.32. The van der Waals surface area contributed by atoms with Crippen LogP contribution in [0.1, 0.15) is 38.3 Å².